The van der Waals surface area contributed by atoms with E-state index < -0.39 is 12.2 Å². The summed E-state index contributed by atoms with van der Waals surface area (Å²) in [6, 6.07) is 0. The molecule has 4 aliphatic carbocycles. The van der Waals surface area contributed by atoms with E-state index in [1.54, 1.807) is 0 Å². The Bertz CT molecular complexity index is 577. The van der Waals surface area contributed by atoms with E-state index in [-0.39, 0.29) is 16.7 Å². The lowest BCUT2D eigenvalue weighted by Gasteiger charge is -2.56. The smallest absolute Gasteiger partial charge is 0.139 e. The Hall–Kier alpha value is -0.930. The molecule has 120 valence electrons. The van der Waals surface area contributed by atoms with Gasteiger partial charge in [-0.2, -0.15) is 0 Å². The van der Waals surface area contributed by atoms with Gasteiger partial charge < -0.3 is 10.2 Å². The fraction of sp³-hybridized carbons (Fsp3) is 0.737. The summed E-state index contributed by atoms with van der Waals surface area (Å²) in [6.07, 6.45) is 9.36. The number of aliphatic hydroxyl groups is 2. The van der Waals surface area contributed by atoms with Crippen LogP contribution in [0.5, 0.6) is 0 Å². The van der Waals surface area contributed by atoms with E-state index in [1.807, 2.05) is 12.2 Å². The number of rotatable bonds is 0. The molecule has 2 N–H and O–H groups in total. The third-order valence-corrected chi connectivity index (χ3v) is 7.36. The molecule has 0 spiro atoms. The summed E-state index contributed by atoms with van der Waals surface area (Å²) in [5.41, 5.74) is 0.905. The van der Waals surface area contributed by atoms with Gasteiger partial charge in [-0.15, -0.1) is 0 Å². The van der Waals surface area contributed by atoms with Crippen LogP contribution in [0.3, 0.4) is 0 Å². The molecule has 3 nitrogen and oxygen atoms in total. The normalized spacial score (nSPS) is 53.5. The Kier molecular flexibility index (Phi) is 3.03. The van der Waals surface area contributed by atoms with Crippen LogP contribution in [0, 0.1) is 28.6 Å². The average molecular weight is 302 g/mol. The van der Waals surface area contributed by atoms with Crippen LogP contribution < -0.4 is 0 Å². The maximum absolute atomic E-state index is 12.4. The maximum atomic E-state index is 12.4. The van der Waals surface area contributed by atoms with E-state index >= 15 is 0 Å². The standard InChI is InChI=1S/C19H26O3/c1-18-7-5-12(20)9-11(18)10-15(21)17-13-3-4-16(22)19(13,2)8-6-14(17)18/h5,7,10,12-15,17,20-21H,3-4,6,8-9H2,1-2H3/t12-,13+,14+,15-,17+,18+,19+/m1/s1. The number of Topliss-reactive ketones (excluding diaryl/α,β-unsaturated/α-hetero) is 1. The number of hydrogen-bond acceptors (Lipinski definition) is 3. The fourth-order valence-corrected chi connectivity index (χ4v) is 6.00. The van der Waals surface area contributed by atoms with Gasteiger partial charge in [-0.05, 0) is 43.4 Å². The van der Waals surface area contributed by atoms with Gasteiger partial charge in [-0.1, -0.05) is 37.6 Å². The van der Waals surface area contributed by atoms with Gasteiger partial charge in [-0.3, -0.25) is 4.79 Å². The van der Waals surface area contributed by atoms with Gasteiger partial charge in [-0.25, -0.2) is 0 Å². The summed E-state index contributed by atoms with van der Waals surface area (Å²) in [5, 5.41) is 20.7. The van der Waals surface area contributed by atoms with Crippen molar-refractivity contribution < 1.29 is 15.0 Å². The number of ketones is 1. The van der Waals surface area contributed by atoms with Crippen LogP contribution in [0.2, 0.25) is 0 Å². The molecular weight excluding hydrogens is 276 g/mol. The van der Waals surface area contributed by atoms with Crippen molar-refractivity contribution in [2.75, 3.05) is 0 Å². The number of hydrogen-bond donors (Lipinski definition) is 2. The van der Waals surface area contributed by atoms with Crippen molar-refractivity contribution in [3.8, 4) is 0 Å². The molecule has 7 atom stereocenters. The van der Waals surface area contributed by atoms with Gasteiger partial charge in [0.1, 0.15) is 5.78 Å². The molecule has 0 aliphatic heterocycles. The van der Waals surface area contributed by atoms with Crippen molar-refractivity contribution in [1.29, 1.82) is 0 Å². The SMILES string of the molecule is C[C@]12C=C[C@@H](O)CC1=C[C@@H](O)[C@@H]1[C@@H]2CC[C@]2(C)C(=O)CC[C@@H]12. The lowest BCUT2D eigenvalue weighted by atomic mass is 9.48. The van der Waals surface area contributed by atoms with Gasteiger partial charge >= 0.3 is 0 Å². The molecule has 22 heavy (non-hydrogen) atoms. The summed E-state index contributed by atoms with van der Waals surface area (Å²) in [4.78, 5) is 12.4. The second-order valence-corrected chi connectivity index (χ2v) is 8.30. The first-order valence-electron chi connectivity index (χ1n) is 8.66. The highest BCUT2D eigenvalue weighted by Gasteiger charge is 2.60. The zero-order valence-electron chi connectivity index (χ0n) is 13.5. The topological polar surface area (TPSA) is 57.5 Å². The summed E-state index contributed by atoms with van der Waals surface area (Å²) in [6.45, 7) is 4.38. The van der Waals surface area contributed by atoms with Gasteiger partial charge in [0.05, 0.1) is 12.2 Å². The van der Waals surface area contributed by atoms with Crippen LogP contribution in [0.4, 0.5) is 0 Å². The minimum Gasteiger partial charge on any atom is -0.389 e. The molecule has 4 rings (SSSR count). The minimum absolute atomic E-state index is 0.0594. The van der Waals surface area contributed by atoms with Crippen LogP contribution in [0.1, 0.15) is 46.0 Å². The highest BCUT2D eigenvalue weighted by atomic mass is 16.3. The molecule has 3 heteroatoms. The molecule has 0 saturated heterocycles. The summed E-state index contributed by atoms with van der Waals surface area (Å²) in [7, 11) is 0. The highest BCUT2D eigenvalue weighted by Crippen LogP contribution is 2.62. The Morgan fingerprint density at radius 2 is 1.95 bits per heavy atom. The monoisotopic (exact) mass is 302 g/mol. The van der Waals surface area contributed by atoms with E-state index in [1.165, 1.54) is 5.57 Å². The van der Waals surface area contributed by atoms with Gasteiger partial charge in [0.15, 0.2) is 0 Å². The zero-order chi connectivity index (χ0) is 15.7. The zero-order valence-corrected chi connectivity index (χ0v) is 13.5. The third kappa shape index (κ3) is 1.73. The predicted molar refractivity (Wildman–Crippen MR) is 84.0 cm³/mol. The van der Waals surface area contributed by atoms with Crippen LogP contribution in [0.15, 0.2) is 23.8 Å². The molecule has 0 aromatic carbocycles. The molecular formula is C19H26O3. The quantitative estimate of drug-likeness (QED) is 0.676. The lowest BCUT2D eigenvalue weighted by Crippen LogP contribution is -2.53. The molecule has 0 radical (unpaired) electrons. The molecule has 0 amide bonds. The van der Waals surface area contributed by atoms with Crippen molar-refractivity contribution >= 4 is 5.78 Å². The van der Waals surface area contributed by atoms with Crippen molar-refractivity contribution in [3.05, 3.63) is 23.8 Å². The number of carbonyl (C=O) groups is 1. The van der Waals surface area contributed by atoms with Crippen molar-refractivity contribution in [3.63, 3.8) is 0 Å². The molecule has 0 aromatic rings. The number of carbonyl (C=O) groups excluding carboxylic acids is 1. The number of fused-ring (bicyclic) bond motifs is 5. The first-order valence-corrected chi connectivity index (χ1v) is 8.66. The molecule has 4 aliphatic rings. The van der Waals surface area contributed by atoms with E-state index in [2.05, 4.69) is 19.9 Å². The van der Waals surface area contributed by atoms with Crippen LogP contribution in [-0.2, 0) is 4.79 Å². The second-order valence-electron chi connectivity index (χ2n) is 8.30. The molecule has 0 unspecified atom stereocenters. The highest BCUT2D eigenvalue weighted by molar-refractivity contribution is 5.87. The lowest BCUT2D eigenvalue weighted by molar-refractivity contribution is -0.133. The van der Waals surface area contributed by atoms with Crippen molar-refractivity contribution in [2.24, 2.45) is 28.6 Å². The Morgan fingerprint density at radius 1 is 1.18 bits per heavy atom. The molecule has 0 heterocycles. The average Bonchev–Trinajstić information content (AvgIpc) is 2.77. The molecule has 0 aromatic heterocycles. The predicted octanol–water partition coefficient (Wildman–Crippen LogP) is 2.63. The van der Waals surface area contributed by atoms with E-state index in [9.17, 15) is 15.0 Å². The first-order chi connectivity index (χ1) is 10.4. The summed E-state index contributed by atoms with van der Waals surface area (Å²) < 4.78 is 0. The molecule has 2 fully saturated rings. The molecule has 2 saturated carbocycles. The summed E-state index contributed by atoms with van der Waals surface area (Å²) >= 11 is 0. The first kappa shape index (κ1) is 14.6. The molecule has 0 bridgehead atoms. The van der Waals surface area contributed by atoms with E-state index in [0.717, 1.165) is 19.3 Å². The van der Waals surface area contributed by atoms with Gasteiger partial charge in [0, 0.05) is 17.3 Å². The van der Waals surface area contributed by atoms with E-state index in [0.29, 0.717) is 30.5 Å². The van der Waals surface area contributed by atoms with Crippen molar-refractivity contribution in [1.82, 2.24) is 0 Å². The maximum Gasteiger partial charge on any atom is 0.139 e. The van der Waals surface area contributed by atoms with Gasteiger partial charge in [0.25, 0.3) is 0 Å². The largest absolute Gasteiger partial charge is 0.389 e. The van der Waals surface area contributed by atoms with Gasteiger partial charge in [0.2, 0.25) is 0 Å². The van der Waals surface area contributed by atoms with Crippen LogP contribution >= 0.6 is 0 Å². The van der Waals surface area contributed by atoms with Crippen LogP contribution in [0.25, 0.3) is 0 Å². The van der Waals surface area contributed by atoms with Crippen molar-refractivity contribution in [2.45, 2.75) is 58.2 Å². The third-order valence-electron chi connectivity index (χ3n) is 7.36. The Balaban J connectivity index is 1.78. The van der Waals surface area contributed by atoms with E-state index in [4.69, 9.17) is 0 Å². The minimum atomic E-state index is -0.470. The number of allylic oxidation sites excluding steroid dienone is 1. The summed E-state index contributed by atoms with van der Waals surface area (Å²) in [5.74, 6) is 1.27. The number of aliphatic hydroxyl groups excluding tert-OH is 2. The Morgan fingerprint density at radius 3 is 2.73 bits per heavy atom. The Labute approximate surface area is 132 Å². The fourth-order valence-electron chi connectivity index (χ4n) is 6.00. The second kappa shape index (κ2) is 4.55. The van der Waals surface area contributed by atoms with Crippen LogP contribution in [-0.4, -0.2) is 28.2 Å².